The van der Waals surface area contributed by atoms with Crippen LogP contribution in [0.5, 0.6) is 11.5 Å². The number of hydrogen-bond donors (Lipinski definition) is 1. The van der Waals surface area contributed by atoms with Crippen molar-refractivity contribution in [2.24, 2.45) is 0 Å². The third-order valence-corrected chi connectivity index (χ3v) is 3.47. The highest BCUT2D eigenvalue weighted by molar-refractivity contribution is 9.09. The molecule has 0 radical (unpaired) electrons. The molecule has 104 valence electrons. The smallest absolute Gasteiger partial charge is 0.264 e. The third kappa shape index (κ3) is 4.13. The number of benzene rings is 1. The zero-order chi connectivity index (χ0) is 13.5. The van der Waals surface area contributed by atoms with Crippen molar-refractivity contribution in [2.45, 2.75) is 25.4 Å². The Balaban J connectivity index is 1.76. The number of halogens is 1. The third-order valence-electron chi connectivity index (χ3n) is 2.91. The lowest BCUT2D eigenvalue weighted by atomic mass is 10.2. The molecule has 1 N–H and O–H groups in total. The number of alkyl halides is 1. The fourth-order valence-corrected chi connectivity index (χ4v) is 2.27. The first-order chi connectivity index (χ1) is 9.31. The number of para-hydroxylation sites is 2. The first kappa shape index (κ1) is 14.2. The van der Waals surface area contributed by atoms with Crippen molar-refractivity contribution in [1.29, 1.82) is 0 Å². The number of unbranched alkanes of at least 4 members (excludes halogenated alkanes) is 2. The SMILES string of the molecule is O=C(NCCCCCBr)C1COc2ccccc2O1. The number of ether oxygens (including phenoxy) is 2. The quantitative estimate of drug-likeness (QED) is 0.645. The van der Waals surface area contributed by atoms with Gasteiger partial charge in [-0.15, -0.1) is 0 Å². The monoisotopic (exact) mass is 327 g/mol. The second-order valence-electron chi connectivity index (χ2n) is 4.40. The largest absolute Gasteiger partial charge is 0.485 e. The van der Waals surface area contributed by atoms with Crippen molar-refractivity contribution in [2.75, 3.05) is 18.5 Å². The Bertz CT molecular complexity index is 425. The summed E-state index contributed by atoms with van der Waals surface area (Å²) in [7, 11) is 0. The zero-order valence-electron chi connectivity index (χ0n) is 10.7. The molecule has 0 bridgehead atoms. The molecule has 4 nitrogen and oxygen atoms in total. The molecule has 5 heteroatoms. The lowest BCUT2D eigenvalue weighted by molar-refractivity contribution is -0.130. The molecule has 1 aliphatic heterocycles. The van der Waals surface area contributed by atoms with Gasteiger partial charge in [0.1, 0.15) is 6.61 Å². The Labute approximate surface area is 121 Å². The predicted molar refractivity (Wildman–Crippen MR) is 77.0 cm³/mol. The normalized spacial score (nSPS) is 17.0. The molecule has 19 heavy (non-hydrogen) atoms. The van der Waals surface area contributed by atoms with Crippen LogP contribution < -0.4 is 14.8 Å². The Hall–Kier alpha value is -1.23. The molecule has 1 aliphatic rings. The predicted octanol–water partition coefficient (Wildman–Crippen LogP) is 2.51. The molecular weight excluding hydrogens is 310 g/mol. The molecule has 0 aromatic heterocycles. The summed E-state index contributed by atoms with van der Waals surface area (Å²) < 4.78 is 11.1. The average molecular weight is 328 g/mol. The van der Waals surface area contributed by atoms with Crippen LogP contribution in [-0.4, -0.2) is 30.5 Å². The molecule has 1 aromatic carbocycles. The van der Waals surface area contributed by atoms with Gasteiger partial charge in [-0.2, -0.15) is 0 Å². The highest BCUT2D eigenvalue weighted by atomic mass is 79.9. The Morgan fingerprint density at radius 2 is 2.05 bits per heavy atom. The number of nitrogens with one attached hydrogen (secondary N) is 1. The maximum absolute atomic E-state index is 11.9. The summed E-state index contributed by atoms with van der Waals surface area (Å²) in [6.45, 7) is 0.956. The van der Waals surface area contributed by atoms with Crippen LogP contribution in [0.1, 0.15) is 19.3 Å². The molecule has 0 spiro atoms. The fraction of sp³-hybridized carbons (Fsp3) is 0.500. The van der Waals surface area contributed by atoms with E-state index in [9.17, 15) is 4.79 Å². The van der Waals surface area contributed by atoms with E-state index in [0.29, 0.717) is 18.0 Å². The minimum atomic E-state index is -0.550. The molecule has 1 aromatic rings. The zero-order valence-corrected chi connectivity index (χ0v) is 12.3. The molecule has 2 rings (SSSR count). The van der Waals surface area contributed by atoms with Crippen molar-refractivity contribution in [1.82, 2.24) is 5.32 Å². The summed E-state index contributed by atoms with van der Waals surface area (Å²) >= 11 is 3.38. The number of amides is 1. The van der Waals surface area contributed by atoms with E-state index < -0.39 is 6.10 Å². The van der Waals surface area contributed by atoms with Gasteiger partial charge in [-0.3, -0.25) is 4.79 Å². The molecule has 0 saturated carbocycles. The van der Waals surface area contributed by atoms with E-state index in [1.807, 2.05) is 24.3 Å². The van der Waals surface area contributed by atoms with Crippen LogP contribution in [0.2, 0.25) is 0 Å². The van der Waals surface area contributed by atoms with Gasteiger partial charge in [0.25, 0.3) is 5.91 Å². The highest BCUT2D eigenvalue weighted by Gasteiger charge is 2.26. The lowest BCUT2D eigenvalue weighted by Crippen LogP contribution is -2.44. The molecule has 0 saturated heterocycles. The van der Waals surface area contributed by atoms with E-state index in [0.717, 1.165) is 24.6 Å². The summed E-state index contributed by atoms with van der Waals surface area (Å²) in [6, 6.07) is 7.39. The van der Waals surface area contributed by atoms with Gasteiger partial charge >= 0.3 is 0 Å². The van der Waals surface area contributed by atoms with Gasteiger partial charge in [0.2, 0.25) is 6.10 Å². The standard InChI is InChI=1S/C14H18BrNO3/c15-8-4-1-5-9-16-14(17)13-10-18-11-6-2-3-7-12(11)19-13/h2-3,6-7,13H,1,4-5,8-10H2,(H,16,17). The van der Waals surface area contributed by atoms with Gasteiger partial charge in [0, 0.05) is 11.9 Å². The number of fused-ring (bicyclic) bond motifs is 1. The first-order valence-electron chi connectivity index (χ1n) is 6.53. The van der Waals surface area contributed by atoms with E-state index in [2.05, 4.69) is 21.2 Å². The van der Waals surface area contributed by atoms with Crippen molar-refractivity contribution < 1.29 is 14.3 Å². The minimum Gasteiger partial charge on any atom is -0.485 e. The van der Waals surface area contributed by atoms with Crippen LogP contribution in [0, 0.1) is 0 Å². The van der Waals surface area contributed by atoms with Crippen LogP contribution in [-0.2, 0) is 4.79 Å². The molecule has 0 aliphatic carbocycles. The summed E-state index contributed by atoms with van der Waals surface area (Å²) in [5.74, 6) is 1.23. The van der Waals surface area contributed by atoms with Crippen LogP contribution >= 0.6 is 15.9 Å². The summed E-state index contributed by atoms with van der Waals surface area (Å²) in [6.07, 6.45) is 2.68. The van der Waals surface area contributed by atoms with Crippen LogP contribution in [0.15, 0.2) is 24.3 Å². The van der Waals surface area contributed by atoms with Crippen LogP contribution in [0.25, 0.3) is 0 Å². The molecule has 1 atom stereocenters. The van der Waals surface area contributed by atoms with Gasteiger partial charge in [-0.1, -0.05) is 34.5 Å². The van der Waals surface area contributed by atoms with Crippen molar-refractivity contribution in [3.05, 3.63) is 24.3 Å². The van der Waals surface area contributed by atoms with Crippen molar-refractivity contribution >= 4 is 21.8 Å². The summed E-state index contributed by atoms with van der Waals surface area (Å²) in [4.78, 5) is 11.9. The van der Waals surface area contributed by atoms with Gasteiger partial charge in [0.15, 0.2) is 11.5 Å². The molecule has 0 fully saturated rings. The second-order valence-corrected chi connectivity index (χ2v) is 5.20. The van der Waals surface area contributed by atoms with E-state index in [1.165, 1.54) is 0 Å². The van der Waals surface area contributed by atoms with E-state index in [4.69, 9.17) is 9.47 Å². The van der Waals surface area contributed by atoms with Crippen LogP contribution in [0.4, 0.5) is 0 Å². The number of carbonyl (C=O) groups is 1. The topological polar surface area (TPSA) is 47.6 Å². The molecular formula is C14H18BrNO3. The van der Waals surface area contributed by atoms with Gasteiger partial charge < -0.3 is 14.8 Å². The Morgan fingerprint density at radius 1 is 1.26 bits per heavy atom. The lowest BCUT2D eigenvalue weighted by Gasteiger charge is -2.25. The van der Waals surface area contributed by atoms with E-state index in [-0.39, 0.29) is 12.5 Å². The number of hydrogen-bond acceptors (Lipinski definition) is 3. The Kier molecular flexibility index (Phi) is 5.51. The van der Waals surface area contributed by atoms with Gasteiger partial charge in [-0.25, -0.2) is 0 Å². The summed E-state index contributed by atoms with van der Waals surface area (Å²) in [5.41, 5.74) is 0. The summed E-state index contributed by atoms with van der Waals surface area (Å²) in [5, 5.41) is 3.89. The molecule has 1 heterocycles. The Morgan fingerprint density at radius 3 is 2.84 bits per heavy atom. The first-order valence-corrected chi connectivity index (χ1v) is 7.65. The molecule has 1 unspecified atom stereocenters. The van der Waals surface area contributed by atoms with E-state index in [1.54, 1.807) is 0 Å². The number of rotatable bonds is 6. The second kappa shape index (κ2) is 7.38. The van der Waals surface area contributed by atoms with Crippen molar-refractivity contribution in [3.8, 4) is 11.5 Å². The maximum Gasteiger partial charge on any atom is 0.264 e. The van der Waals surface area contributed by atoms with E-state index >= 15 is 0 Å². The number of carbonyl (C=O) groups excluding carboxylic acids is 1. The van der Waals surface area contributed by atoms with Crippen LogP contribution in [0.3, 0.4) is 0 Å². The minimum absolute atomic E-state index is 0.103. The average Bonchev–Trinajstić information content (AvgIpc) is 2.46. The molecule has 1 amide bonds. The van der Waals surface area contributed by atoms with Gasteiger partial charge in [-0.05, 0) is 25.0 Å². The van der Waals surface area contributed by atoms with Gasteiger partial charge in [0.05, 0.1) is 0 Å². The maximum atomic E-state index is 11.9. The highest BCUT2D eigenvalue weighted by Crippen LogP contribution is 2.30. The van der Waals surface area contributed by atoms with Crippen molar-refractivity contribution in [3.63, 3.8) is 0 Å². The fourth-order valence-electron chi connectivity index (χ4n) is 1.87.